The third-order valence-electron chi connectivity index (χ3n) is 1.92. The van der Waals surface area contributed by atoms with Gasteiger partial charge in [0, 0.05) is 19.8 Å². The summed E-state index contributed by atoms with van der Waals surface area (Å²) in [5.74, 6) is -0.0777. The van der Waals surface area contributed by atoms with Crippen molar-refractivity contribution in [2.75, 3.05) is 13.7 Å². The average molecular weight is 188 g/mol. The van der Waals surface area contributed by atoms with Gasteiger partial charge in [-0.25, -0.2) is 0 Å². The second-order valence-corrected chi connectivity index (χ2v) is 3.21. The minimum absolute atomic E-state index is 0.0777. The lowest BCUT2D eigenvalue weighted by Gasteiger charge is -2.16. The predicted molar refractivity (Wildman–Crippen MR) is 52.4 cm³/mol. The molecule has 2 atom stereocenters. The van der Waals surface area contributed by atoms with Crippen LogP contribution in [0.4, 0.5) is 0 Å². The molecule has 1 unspecified atom stereocenters. The first-order valence-electron chi connectivity index (χ1n) is 4.66. The van der Waals surface area contributed by atoms with Crippen molar-refractivity contribution in [3.8, 4) is 0 Å². The van der Waals surface area contributed by atoms with Crippen LogP contribution in [0.5, 0.6) is 0 Å². The van der Waals surface area contributed by atoms with E-state index >= 15 is 0 Å². The Bertz CT molecular complexity index is 151. The maximum absolute atomic E-state index is 11.3. The normalized spacial score (nSPS) is 15.1. The Morgan fingerprint density at radius 2 is 2.23 bits per heavy atom. The van der Waals surface area contributed by atoms with E-state index in [1.54, 1.807) is 7.11 Å². The quantitative estimate of drug-likeness (QED) is 0.628. The molecule has 3 N–H and O–H groups in total. The summed E-state index contributed by atoms with van der Waals surface area (Å²) in [7, 11) is 1.65. The number of nitrogens with two attached hydrogens (primary N) is 1. The summed E-state index contributed by atoms with van der Waals surface area (Å²) in [5.41, 5.74) is 5.55. The fraction of sp³-hybridized carbons (Fsp3) is 0.889. The minimum Gasteiger partial charge on any atom is -0.385 e. The molecular formula is C9H20N2O2. The number of rotatable bonds is 6. The van der Waals surface area contributed by atoms with Gasteiger partial charge in [-0.2, -0.15) is 0 Å². The highest BCUT2D eigenvalue weighted by atomic mass is 16.5. The molecule has 0 saturated carbocycles. The molecule has 13 heavy (non-hydrogen) atoms. The summed E-state index contributed by atoms with van der Waals surface area (Å²) >= 11 is 0. The monoisotopic (exact) mass is 188 g/mol. The first-order chi connectivity index (χ1) is 6.11. The topological polar surface area (TPSA) is 64.4 Å². The van der Waals surface area contributed by atoms with Crippen molar-refractivity contribution < 1.29 is 9.53 Å². The number of methoxy groups -OCH3 is 1. The molecule has 1 amide bonds. The van der Waals surface area contributed by atoms with Gasteiger partial charge in [-0.05, 0) is 19.8 Å². The summed E-state index contributed by atoms with van der Waals surface area (Å²) in [5, 5.41) is 2.82. The van der Waals surface area contributed by atoms with Crippen LogP contribution in [0.15, 0.2) is 0 Å². The van der Waals surface area contributed by atoms with Crippen LogP contribution in [0.2, 0.25) is 0 Å². The molecular weight excluding hydrogens is 168 g/mol. The number of hydrogen-bond acceptors (Lipinski definition) is 3. The van der Waals surface area contributed by atoms with Gasteiger partial charge in [-0.1, -0.05) is 6.92 Å². The first kappa shape index (κ1) is 12.4. The minimum atomic E-state index is -0.384. The van der Waals surface area contributed by atoms with Gasteiger partial charge in [0.15, 0.2) is 0 Å². The molecule has 0 spiro atoms. The highest BCUT2D eigenvalue weighted by molar-refractivity contribution is 5.81. The van der Waals surface area contributed by atoms with E-state index in [-0.39, 0.29) is 18.0 Å². The molecule has 0 heterocycles. The predicted octanol–water partition coefficient (Wildman–Crippen LogP) is 0.265. The van der Waals surface area contributed by atoms with Gasteiger partial charge < -0.3 is 15.8 Å². The van der Waals surface area contributed by atoms with Crippen molar-refractivity contribution in [1.82, 2.24) is 5.32 Å². The number of ether oxygens (including phenoxy) is 1. The maximum atomic E-state index is 11.3. The van der Waals surface area contributed by atoms with Crippen LogP contribution in [0, 0.1) is 0 Å². The van der Waals surface area contributed by atoms with Gasteiger partial charge in [0.25, 0.3) is 0 Å². The summed E-state index contributed by atoms with van der Waals surface area (Å²) in [4.78, 5) is 11.3. The van der Waals surface area contributed by atoms with Crippen LogP contribution in [0.25, 0.3) is 0 Å². The molecule has 4 nitrogen and oxygen atoms in total. The second kappa shape index (κ2) is 6.86. The summed E-state index contributed by atoms with van der Waals surface area (Å²) < 4.78 is 4.90. The molecule has 0 fully saturated rings. The molecule has 0 aliphatic carbocycles. The van der Waals surface area contributed by atoms with Crippen molar-refractivity contribution in [1.29, 1.82) is 0 Å². The van der Waals surface area contributed by atoms with E-state index in [9.17, 15) is 4.79 Å². The standard InChI is InChI=1S/C9H20N2O2/c1-4-8(10)9(12)11-7(2)5-6-13-3/h7-8H,4-6,10H2,1-3H3,(H,11,12)/t7?,8-/m0/s1. The molecule has 0 aliphatic heterocycles. The lowest BCUT2D eigenvalue weighted by Crippen LogP contribution is -2.44. The number of amides is 1. The van der Waals surface area contributed by atoms with E-state index < -0.39 is 0 Å². The molecule has 4 heteroatoms. The molecule has 0 saturated heterocycles. The smallest absolute Gasteiger partial charge is 0.237 e. The molecule has 0 aliphatic rings. The Morgan fingerprint density at radius 1 is 1.62 bits per heavy atom. The van der Waals surface area contributed by atoms with Gasteiger partial charge in [-0.15, -0.1) is 0 Å². The third-order valence-corrected chi connectivity index (χ3v) is 1.92. The zero-order valence-corrected chi connectivity index (χ0v) is 8.67. The van der Waals surface area contributed by atoms with E-state index in [4.69, 9.17) is 10.5 Å². The van der Waals surface area contributed by atoms with Gasteiger partial charge in [0.1, 0.15) is 0 Å². The molecule has 0 aromatic rings. The highest BCUT2D eigenvalue weighted by Crippen LogP contribution is 1.93. The zero-order chi connectivity index (χ0) is 10.3. The second-order valence-electron chi connectivity index (χ2n) is 3.21. The first-order valence-corrected chi connectivity index (χ1v) is 4.66. The number of hydrogen-bond donors (Lipinski definition) is 2. The van der Waals surface area contributed by atoms with Crippen LogP contribution < -0.4 is 11.1 Å². The lowest BCUT2D eigenvalue weighted by molar-refractivity contribution is -0.123. The number of nitrogens with one attached hydrogen (secondary N) is 1. The van der Waals surface area contributed by atoms with Crippen molar-refractivity contribution in [2.45, 2.75) is 38.8 Å². The fourth-order valence-corrected chi connectivity index (χ4v) is 0.902. The average Bonchev–Trinajstić information content (AvgIpc) is 2.13. The van der Waals surface area contributed by atoms with Crippen molar-refractivity contribution in [2.24, 2.45) is 5.73 Å². The number of carbonyl (C=O) groups is 1. The van der Waals surface area contributed by atoms with Crippen molar-refractivity contribution in [3.05, 3.63) is 0 Å². The molecule has 0 aromatic heterocycles. The summed E-state index contributed by atoms with van der Waals surface area (Å²) in [6.45, 7) is 4.49. The SMILES string of the molecule is CC[C@H](N)C(=O)NC(C)CCOC. The third kappa shape index (κ3) is 5.60. The fourth-order valence-electron chi connectivity index (χ4n) is 0.902. The largest absolute Gasteiger partial charge is 0.385 e. The summed E-state index contributed by atoms with van der Waals surface area (Å²) in [6, 6.07) is -0.255. The Balaban J connectivity index is 3.64. The van der Waals surface area contributed by atoms with Crippen molar-refractivity contribution in [3.63, 3.8) is 0 Å². The molecule has 0 bridgehead atoms. The van der Waals surface area contributed by atoms with E-state index in [0.717, 1.165) is 6.42 Å². The van der Waals surface area contributed by atoms with E-state index in [2.05, 4.69) is 5.32 Å². The van der Waals surface area contributed by atoms with E-state index in [0.29, 0.717) is 13.0 Å². The molecule has 0 aromatic carbocycles. The van der Waals surface area contributed by atoms with Crippen LogP contribution in [0.1, 0.15) is 26.7 Å². The van der Waals surface area contributed by atoms with Crippen LogP contribution >= 0.6 is 0 Å². The van der Waals surface area contributed by atoms with Gasteiger partial charge in [-0.3, -0.25) is 4.79 Å². The van der Waals surface area contributed by atoms with Gasteiger partial charge >= 0.3 is 0 Å². The van der Waals surface area contributed by atoms with Crippen LogP contribution in [0.3, 0.4) is 0 Å². The molecule has 0 rings (SSSR count). The van der Waals surface area contributed by atoms with Gasteiger partial charge in [0.2, 0.25) is 5.91 Å². The van der Waals surface area contributed by atoms with Crippen molar-refractivity contribution >= 4 is 5.91 Å². The van der Waals surface area contributed by atoms with Gasteiger partial charge in [0.05, 0.1) is 6.04 Å². The Labute approximate surface area is 79.8 Å². The van der Waals surface area contributed by atoms with Crippen LogP contribution in [-0.4, -0.2) is 31.7 Å². The Kier molecular flexibility index (Phi) is 6.54. The number of carbonyl (C=O) groups excluding carboxylic acids is 1. The molecule has 0 radical (unpaired) electrons. The summed E-state index contributed by atoms with van der Waals surface area (Å²) in [6.07, 6.45) is 1.49. The highest BCUT2D eigenvalue weighted by Gasteiger charge is 2.12. The Morgan fingerprint density at radius 3 is 2.69 bits per heavy atom. The Hall–Kier alpha value is -0.610. The van der Waals surface area contributed by atoms with Crippen LogP contribution in [-0.2, 0) is 9.53 Å². The lowest BCUT2D eigenvalue weighted by atomic mass is 10.2. The zero-order valence-electron chi connectivity index (χ0n) is 8.67. The van der Waals surface area contributed by atoms with E-state index in [1.165, 1.54) is 0 Å². The maximum Gasteiger partial charge on any atom is 0.237 e. The molecule has 78 valence electrons. The van der Waals surface area contributed by atoms with E-state index in [1.807, 2.05) is 13.8 Å².